The number of methoxy groups -OCH3 is 2. The van der Waals surface area contributed by atoms with Gasteiger partial charge < -0.3 is 9.47 Å². The molecule has 0 saturated carbocycles. The Morgan fingerprint density at radius 2 is 1.67 bits per heavy atom. The van der Waals surface area contributed by atoms with Gasteiger partial charge in [-0.2, -0.15) is 0 Å². The zero-order valence-electron chi connectivity index (χ0n) is 11.9. The topological polar surface area (TPSA) is 18.5 Å². The van der Waals surface area contributed by atoms with Crippen LogP contribution in [0.15, 0.2) is 34.8 Å². The van der Waals surface area contributed by atoms with Gasteiger partial charge in [-0.15, -0.1) is 0 Å². The molecule has 0 N–H and O–H groups in total. The summed E-state index contributed by atoms with van der Waals surface area (Å²) in [4.78, 5) is -0.151. The molecule has 0 heterocycles. The molecule has 0 aliphatic rings. The maximum Gasteiger partial charge on any atom is 0.161 e. The van der Waals surface area contributed by atoms with Gasteiger partial charge in [-0.3, -0.25) is 0 Å². The number of hydrogen-bond donors (Lipinski definition) is 0. The fourth-order valence-corrected chi connectivity index (χ4v) is 3.83. The van der Waals surface area contributed by atoms with Crippen molar-refractivity contribution < 1.29 is 13.9 Å². The van der Waals surface area contributed by atoms with Crippen LogP contribution in [0.25, 0.3) is 0 Å². The van der Waals surface area contributed by atoms with E-state index in [9.17, 15) is 4.39 Å². The van der Waals surface area contributed by atoms with E-state index in [2.05, 4.69) is 31.9 Å². The van der Waals surface area contributed by atoms with Crippen molar-refractivity contribution >= 4 is 31.9 Å². The molecule has 0 spiro atoms. The van der Waals surface area contributed by atoms with Gasteiger partial charge in [-0.1, -0.05) is 28.1 Å². The van der Waals surface area contributed by atoms with Crippen LogP contribution in [0.2, 0.25) is 0 Å². The highest BCUT2D eigenvalue weighted by atomic mass is 79.9. The van der Waals surface area contributed by atoms with Crippen molar-refractivity contribution in [3.8, 4) is 11.5 Å². The number of halogens is 3. The molecule has 2 aromatic rings. The minimum Gasteiger partial charge on any atom is -0.493 e. The summed E-state index contributed by atoms with van der Waals surface area (Å²) in [7, 11) is 3.20. The fourth-order valence-electron chi connectivity index (χ4n) is 2.15. The van der Waals surface area contributed by atoms with E-state index in [1.165, 1.54) is 6.07 Å². The summed E-state index contributed by atoms with van der Waals surface area (Å²) in [6.45, 7) is 1.98. The van der Waals surface area contributed by atoms with Gasteiger partial charge in [0, 0.05) is 0 Å². The van der Waals surface area contributed by atoms with Gasteiger partial charge in [0.2, 0.25) is 0 Å². The van der Waals surface area contributed by atoms with Gasteiger partial charge in [-0.05, 0) is 57.7 Å². The van der Waals surface area contributed by atoms with Gasteiger partial charge in [0.1, 0.15) is 5.82 Å². The second-order valence-corrected chi connectivity index (χ2v) is 6.28. The third kappa shape index (κ3) is 3.24. The van der Waals surface area contributed by atoms with Crippen LogP contribution in [0, 0.1) is 12.7 Å². The number of hydrogen-bond acceptors (Lipinski definition) is 2. The molecule has 0 aliphatic heterocycles. The van der Waals surface area contributed by atoms with Crippen LogP contribution in [-0.4, -0.2) is 14.2 Å². The number of benzene rings is 2. The highest BCUT2D eigenvalue weighted by Gasteiger charge is 2.20. The van der Waals surface area contributed by atoms with E-state index >= 15 is 0 Å². The lowest BCUT2D eigenvalue weighted by Gasteiger charge is -2.18. The summed E-state index contributed by atoms with van der Waals surface area (Å²) < 4.78 is 24.8. The minimum absolute atomic E-state index is 0.151. The molecule has 0 aliphatic carbocycles. The quantitative estimate of drug-likeness (QED) is 0.620. The average Bonchev–Trinajstić information content (AvgIpc) is 2.49. The first-order valence-electron chi connectivity index (χ1n) is 6.30. The number of alkyl halides is 1. The smallest absolute Gasteiger partial charge is 0.161 e. The summed E-state index contributed by atoms with van der Waals surface area (Å²) >= 11 is 6.95. The molecule has 0 bridgehead atoms. The van der Waals surface area contributed by atoms with E-state index in [1.54, 1.807) is 20.3 Å². The van der Waals surface area contributed by atoms with E-state index in [0.29, 0.717) is 16.0 Å². The van der Waals surface area contributed by atoms with Crippen LogP contribution in [0.3, 0.4) is 0 Å². The molecule has 1 atom stereocenters. The standard InChI is InChI=1S/C16H15Br2FO2/c1-9-7-13(20-2)14(21-3)8-11(9)15(17)10-5-4-6-12(19)16(10)18/h4-8,15H,1-3H3. The Morgan fingerprint density at radius 3 is 2.29 bits per heavy atom. The summed E-state index contributed by atoms with van der Waals surface area (Å²) in [5.41, 5.74) is 2.86. The van der Waals surface area contributed by atoms with Crippen molar-refractivity contribution in [2.24, 2.45) is 0 Å². The molecule has 21 heavy (non-hydrogen) atoms. The van der Waals surface area contributed by atoms with Gasteiger partial charge in [0.15, 0.2) is 11.5 Å². The molecular weight excluding hydrogens is 403 g/mol. The molecule has 5 heteroatoms. The number of aryl methyl sites for hydroxylation is 1. The monoisotopic (exact) mass is 416 g/mol. The van der Waals surface area contributed by atoms with Gasteiger partial charge in [0.25, 0.3) is 0 Å². The molecule has 2 nitrogen and oxygen atoms in total. The molecule has 0 radical (unpaired) electrons. The molecule has 0 amide bonds. The first-order valence-corrected chi connectivity index (χ1v) is 8.01. The van der Waals surface area contributed by atoms with Crippen molar-refractivity contribution in [2.45, 2.75) is 11.8 Å². The maximum atomic E-state index is 13.7. The molecule has 2 aromatic carbocycles. The molecule has 0 fully saturated rings. The van der Waals surface area contributed by atoms with E-state index in [4.69, 9.17) is 9.47 Å². The van der Waals surface area contributed by atoms with Crippen LogP contribution in [0.1, 0.15) is 21.5 Å². The summed E-state index contributed by atoms with van der Waals surface area (Å²) in [5, 5.41) is 0. The van der Waals surface area contributed by atoms with Crippen LogP contribution in [0.4, 0.5) is 4.39 Å². The van der Waals surface area contributed by atoms with Crippen LogP contribution >= 0.6 is 31.9 Å². The largest absolute Gasteiger partial charge is 0.493 e. The second-order valence-electron chi connectivity index (χ2n) is 4.57. The van der Waals surface area contributed by atoms with E-state index in [1.807, 2.05) is 25.1 Å². The maximum absolute atomic E-state index is 13.7. The Balaban J connectivity index is 2.53. The zero-order chi connectivity index (χ0) is 15.6. The van der Waals surface area contributed by atoms with Gasteiger partial charge in [0.05, 0.1) is 23.5 Å². The lowest BCUT2D eigenvalue weighted by molar-refractivity contribution is 0.354. The number of rotatable bonds is 4. The molecule has 0 saturated heterocycles. The summed E-state index contributed by atoms with van der Waals surface area (Å²) in [6.07, 6.45) is 0. The van der Waals surface area contributed by atoms with Crippen LogP contribution in [-0.2, 0) is 0 Å². The van der Waals surface area contributed by atoms with Crippen molar-refractivity contribution in [1.82, 2.24) is 0 Å². The van der Waals surface area contributed by atoms with E-state index < -0.39 is 0 Å². The Morgan fingerprint density at radius 1 is 1.05 bits per heavy atom. The predicted molar refractivity (Wildman–Crippen MR) is 89.2 cm³/mol. The first-order chi connectivity index (χ1) is 9.99. The second kappa shape index (κ2) is 6.79. The molecular formula is C16H15Br2FO2. The Hall–Kier alpha value is -1.07. The van der Waals surface area contributed by atoms with Crippen LogP contribution < -0.4 is 9.47 Å². The van der Waals surface area contributed by atoms with E-state index in [-0.39, 0.29) is 10.6 Å². The summed E-state index contributed by atoms with van der Waals surface area (Å²) in [6, 6.07) is 8.82. The first kappa shape index (κ1) is 16.3. The lowest BCUT2D eigenvalue weighted by Crippen LogP contribution is -2.01. The summed E-state index contributed by atoms with van der Waals surface area (Å²) in [5.74, 6) is 1.04. The molecule has 0 aromatic heterocycles. The van der Waals surface area contributed by atoms with Gasteiger partial charge >= 0.3 is 0 Å². The Labute approximate surface area is 140 Å². The van der Waals surface area contributed by atoms with Crippen molar-refractivity contribution in [2.75, 3.05) is 14.2 Å². The fraction of sp³-hybridized carbons (Fsp3) is 0.250. The molecule has 1 unspecified atom stereocenters. The van der Waals surface area contributed by atoms with Crippen molar-refractivity contribution in [3.63, 3.8) is 0 Å². The highest BCUT2D eigenvalue weighted by Crippen LogP contribution is 2.41. The molecule has 112 valence electrons. The Bertz CT molecular complexity index is 659. The van der Waals surface area contributed by atoms with Crippen molar-refractivity contribution in [1.29, 1.82) is 0 Å². The van der Waals surface area contributed by atoms with Crippen molar-refractivity contribution in [3.05, 3.63) is 57.3 Å². The Kier molecular flexibility index (Phi) is 5.27. The van der Waals surface area contributed by atoms with Crippen LogP contribution in [0.5, 0.6) is 11.5 Å². The third-order valence-corrected chi connectivity index (χ3v) is 5.12. The van der Waals surface area contributed by atoms with E-state index in [0.717, 1.165) is 16.7 Å². The SMILES string of the molecule is COc1cc(C)c(C(Br)c2cccc(F)c2Br)cc1OC. The highest BCUT2D eigenvalue weighted by molar-refractivity contribution is 9.11. The van der Waals surface area contributed by atoms with Gasteiger partial charge in [-0.25, -0.2) is 4.39 Å². The zero-order valence-corrected chi connectivity index (χ0v) is 15.1. The normalized spacial score (nSPS) is 12.1. The predicted octanol–water partition coefficient (Wildman–Crippen LogP) is 5.40. The third-order valence-electron chi connectivity index (χ3n) is 3.30. The lowest BCUT2D eigenvalue weighted by atomic mass is 9.99. The molecule has 2 rings (SSSR count). The minimum atomic E-state index is -0.282. The number of ether oxygens (including phenoxy) is 2. The average molecular weight is 418 g/mol.